The molecule has 0 aliphatic heterocycles. The van der Waals surface area contributed by atoms with Gasteiger partial charge in [0.1, 0.15) is 0 Å². The maximum absolute atomic E-state index is 5.72. The predicted octanol–water partition coefficient (Wildman–Crippen LogP) is 2.07. The highest BCUT2D eigenvalue weighted by atomic mass is 16.5. The van der Waals surface area contributed by atoms with Crippen molar-refractivity contribution in [3.63, 3.8) is 0 Å². The third-order valence-corrected chi connectivity index (χ3v) is 2.53. The van der Waals surface area contributed by atoms with Gasteiger partial charge in [-0.25, -0.2) is 0 Å². The molecule has 0 aliphatic carbocycles. The van der Waals surface area contributed by atoms with Crippen LogP contribution >= 0.6 is 0 Å². The van der Waals surface area contributed by atoms with Crippen LogP contribution in [0.4, 0.5) is 0 Å². The molecule has 0 aromatic heterocycles. The van der Waals surface area contributed by atoms with Crippen LogP contribution in [0.25, 0.3) is 0 Å². The van der Waals surface area contributed by atoms with Gasteiger partial charge in [-0.3, -0.25) is 11.3 Å². The van der Waals surface area contributed by atoms with Crippen molar-refractivity contribution in [1.29, 1.82) is 0 Å². The van der Waals surface area contributed by atoms with Gasteiger partial charge < -0.3 is 4.74 Å². The van der Waals surface area contributed by atoms with Crippen molar-refractivity contribution in [3.8, 4) is 0 Å². The first-order valence-corrected chi connectivity index (χ1v) is 5.54. The maximum atomic E-state index is 5.72. The zero-order chi connectivity index (χ0) is 11.2. The van der Waals surface area contributed by atoms with E-state index in [4.69, 9.17) is 10.6 Å². The van der Waals surface area contributed by atoms with Gasteiger partial charge in [0.2, 0.25) is 0 Å². The molecule has 0 saturated carbocycles. The van der Waals surface area contributed by atoms with Crippen LogP contribution in [0.2, 0.25) is 0 Å². The lowest BCUT2D eigenvalue weighted by atomic mass is 9.95. The number of hydrogen-bond donors (Lipinski definition) is 2. The zero-order valence-electron chi connectivity index (χ0n) is 10.3. The Morgan fingerprint density at radius 1 is 1.21 bits per heavy atom. The fourth-order valence-electron chi connectivity index (χ4n) is 1.52. The molecule has 0 aliphatic rings. The van der Waals surface area contributed by atoms with E-state index < -0.39 is 0 Å². The molecule has 3 N–H and O–H groups in total. The molecule has 14 heavy (non-hydrogen) atoms. The van der Waals surface area contributed by atoms with Crippen LogP contribution in [0, 0.1) is 5.92 Å². The first kappa shape index (κ1) is 13.9. The van der Waals surface area contributed by atoms with Crippen molar-refractivity contribution >= 4 is 0 Å². The molecule has 0 aromatic rings. The highest BCUT2D eigenvalue weighted by molar-refractivity contribution is 4.73. The maximum Gasteiger partial charge on any atom is 0.0642 e. The summed E-state index contributed by atoms with van der Waals surface area (Å²) >= 11 is 0. The average Bonchev–Trinajstić information content (AvgIpc) is 2.10. The minimum absolute atomic E-state index is 0.0822. The quantitative estimate of drug-likeness (QED) is 0.512. The summed E-state index contributed by atoms with van der Waals surface area (Å²) in [6.07, 6.45) is 2.28. The Labute approximate surface area is 88.4 Å². The molecule has 0 radical (unpaired) electrons. The van der Waals surface area contributed by atoms with Crippen molar-refractivity contribution in [2.75, 3.05) is 6.61 Å². The Bertz CT molecular complexity index is 139. The Kier molecular flexibility index (Phi) is 6.33. The van der Waals surface area contributed by atoms with E-state index in [2.05, 4.69) is 40.0 Å². The van der Waals surface area contributed by atoms with Gasteiger partial charge in [0.25, 0.3) is 0 Å². The first-order valence-electron chi connectivity index (χ1n) is 5.54. The molecular formula is C11H26N2O. The van der Waals surface area contributed by atoms with Crippen LogP contribution in [-0.4, -0.2) is 18.2 Å². The van der Waals surface area contributed by atoms with E-state index in [0.717, 1.165) is 12.8 Å². The molecule has 1 unspecified atom stereocenters. The molecule has 0 fully saturated rings. The number of nitrogens with two attached hydrogens (primary N) is 1. The fourth-order valence-corrected chi connectivity index (χ4v) is 1.52. The fraction of sp³-hybridized carbons (Fsp3) is 1.00. The Morgan fingerprint density at radius 3 is 2.00 bits per heavy atom. The molecular weight excluding hydrogens is 176 g/mol. The molecule has 0 bridgehead atoms. The largest absolute Gasteiger partial charge is 0.374 e. The summed E-state index contributed by atoms with van der Waals surface area (Å²) in [6, 6.07) is 0.268. The standard InChI is InChI=1S/C11H26N2O/c1-6-9(7-2)10(13-12)8-14-11(3,4)5/h9-10,13H,6-8,12H2,1-5H3. The number of ether oxygens (including phenoxy) is 1. The van der Waals surface area contributed by atoms with Gasteiger partial charge in [0.05, 0.1) is 12.2 Å². The number of nitrogens with one attached hydrogen (secondary N) is 1. The molecule has 1 atom stereocenters. The summed E-state index contributed by atoms with van der Waals surface area (Å²) in [4.78, 5) is 0. The SMILES string of the molecule is CCC(CC)C(COC(C)(C)C)NN. The third-order valence-electron chi connectivity index (χ3n) is 2.53. The van der Waals surface area contributed by atoms with Gasteiger partial charge >= 0.3 is 0 Å². The third kappa shape index (κ3) is 5.58. The van der Waals surface area contributed by atoms with Crippen LogP contribution in [0.15, 0.2) is 0 Å². The zero-order valence-corrected chi connectivity index (χ0v) is 10.3. The van der Waals surface area contributed by atoms with Crippen LogP contribution < -0.4 is 11.3 Å². The van der Waals surface area contributed by atoms with Gasteiger partial charge in [-0.05, 0) is 26.7 Å². The summed E-state index contributed by atoms with van der Waals surface area (Å²) in [5.41, 5.74) is 2.77. The smallest absolute Gasteiger partial charge is 0.0642 e. The molecule has 0 spiro atoms. The monoisotopic (exact) mass is 202 g/mol. The van der Waals surface area contributed by atoms with Crippen LogP contribution in [-0.2, 0) is 4.74 Å². The van der Waals surface area contributed by atoms with E-state index in [-0.39, 0.29) is 11.6 Å². The van der Waals surface area contributed by atoms with E-state index in [1.807, 2.05) is 0 Å². The number of hydrazine groups is 1. The lowest BCUT2D eigenvalue weighted by molar-refractivity contribution is -0.0228. The van der Waals surface area contributed by atoms with Gasteiger partial charge in [-0.15, -0.1) is 0 Å². The number of hydrogen-bond acceptors (Lipinski definition) is 3. The molecule has 0 amide bonds. The van der Waals surface area contributed by atoms with Gasteiger partial charge in [-0.1, -0.05) is 26.7 Å². The minimum Gasteiger partial charge on any atom is -0.374 e. The molecule has 86 valence electrons. The lowest BCUT2D eigenvalue weighted by Gasteiger charge is -2.28. The van der Waals surface area contributed by atoms with E-state index >= 15 is 0 Å². The Morgan fingerprint density at radius 2 is 1.71 bits per heavy atom. The van der Waals surface area contributed by atoms with E-state index in [9.17, 15) is 0 Å². The molecule has 3 nitrogen and oxygen atoms in total. The highest BCUT2D eigenvalue weighted by Crippen LogP contribution is 2.15. The van der Waals surface area contributed by atoms with Crippen LogP contribution in [0.5, 0.6) is 0 Å². The predicted molar refractivity (Wildman–Crippen MR) is 60.9 cm³/mol. The van der Waals surface area contributed by atoms with E-state index in [0.29, 0.717) is 12.5 Å². The summed E-state index contributed by atoms with van der Waals surface area (Å²) in [5.74, 6) is 6.12. The lowest BCUT2D eigenvalue weighted by Crippen LogP contribution is -2.45. The second-order valence-electron chi connectivity index (χ2n) is 4.77. The molecule has 3 heteroatoms. The number of rotatable bonds is 6. The summed E-state index contributed by atoms with van der Waals surface area (Å²) in [6.45, 7) is 11.3. The van der Waals surface area contributed by atoms with Crippen molar-refractivity contribution < 1.29 is 4.74 Å². The van der Waals surface area contributed by atoms with Gasteiger partial charge in [-0.2, -0.15) is 0 Å². The topological polar surface area (TPSA) is 47.3 Å². The van der Waals surface area contributed by atoms with Crippen LogP contribution in [0.1, 0.15) is 47.5 Å². The van der Waals surface area contributed by atoms with Crippen molar-refractivity contribution in [1.82, 2.24) is 5.43 Å². The van der Waals surface area contributed by atoms with Crippen molar-refractivity contribution in [2.24, 2.45) is 11.8 Å². The Hall–Kier alpha value is -0.120. The van der Waals surface area contributed by atoms with Crippen molar-refractivity contribution in [2.45, 2.75) is 59.1 Å². The molecule has 0 heterocycles. The summed E-state index contributed by atoms with van der Waals surface area (Å²) in [7, 11) is 0. The average molecular weight is 202 g/mol. The molecule has 0 rings (SSSR count). The first-order chi connectivity index (χ1) is 6.44. The van der Waals surface area contributed by atoms with Gasteiger partial charge in [0, 0.05) is 6.04 Å². The summed E-state index contributed by atoms with van der Waals surface area (Å²) < 4.78 is 5.72. The van der Waals surface area contributed by atoms with E-state index in [1.54, 1.807) is 0 Å². The minimum atomic E-state index is -0.0822. The normalized spacial score (nSPS) is 14.8. The van der Waals surface area contributed by atoms with Crippen LogP contribution in [0.3, 0.4) is 0 Å². The van der Waals surface area contributed by atoms with E-state index in [1.165, 1.54) is 0 Å². The van der Waals surface area contributed by atoms with Gasteiger partial charge in [0.15, 0.2) is 0 Å². The highest BCUT2D eigenvalue weighted by Gasteiger charge is 2.20. The second kappa shape index (κ2) is 6.38. The Balaban J connectivity index is 4.01. The second-order valence-corrected chi connectivity index (χ2v) is 4.77. The van der Waals surface area contributed by atoms with Crippen molar-refractivity contribution in [3.05, 3.63) is 0 Å². The molecule has 0 saturated heterocycles. The molecule has 0 aromatic carbocycles. The summed E-state index contributed by atoms with van der Waals surface area (Å²) in [5, 5.41) is 0.